The first-order chi connectivity index (χ1) is 14.5. The average Bonchev–Trinajstić information content (AvgIpc) is 2.77. The largest absolute Gasteiger partial charge is 0.465 e. The van der Waals surface area contributed by atoms with E-state index in [0.717, 1.165) is 64.2 Å². The van der Waals surface area contributed by atoms with Crippen LogP contribution in [0.15, 0.2) is 0 Å². The zero-order chi connectivity index (χ0) is 22.2. The van der Waals surface area contributed by atoms with Crippen molar-refractivity contribution in [3.63, 3.8) is 0 Å². The van der Waals surface area contributed by atoms with Crippen LogP contribution in [0.2, 0.25) is 0 Å². The first kappa shape index (κ1) is 27.0. The van der Waals surface area contributed by atoms with Crippen LogP contribution in [0.4, 0.5) is 0 Å². The Morgan fingerprint density at radius 1 is 0.633 bits per heavy atom. The van der Waals surface area contributed by atoms with Crippen LogP contribution in [0.25, 0.3) is 0 Å². The van der Waals surface area contributed by atoms with Gasteiger partial charge < -0.3 is 9.47 Å². The summed E-state index contributed by atoms with van der Waals surface area (Å²) in [6.07, 6.45) is 14.6. The minimum atomic E-state index is -0.0537. The number of esters is 2. The molecule has 0 spiro atoms. The molecule has 0 saturated heterocycles. The van der Waals surface area contributed by atoms with Crippen LogP contribution in [0.3, 0.4) is 0 Å². The molecule has 4 heteroatoms. The third-order valence-electron chi connectivity index (χ3n) is 6.64. The summed E-state index contributed by atoms with van der Waals surface area (Å²) in [5.74, 6) is 0.798. The Morgan fingerprint density at radius 2 is 1.00 bits per heavy atom. The molecule has 1 fully saturated rings. The van der Waals surface area contributed by atoms with Crippen molar-refractivity contribution < 1.29 is 19.1 Å². The molecule has 0 bridgehead atoms. The Morgan fingerprint density at radius 3 is 1.30 bits per heavy atom. The molecule has 0 aliphatic heterocycles. The lowest BCUT2D eigenvalue weighted by Crippen LogP contribution is -2.30. The second-order valence-electron chi connectivity index (χ2n) is 9.40. The van der Waals surface area contributed by atoms with Crippen molar-refractivity contribution in [2.24, 2.45) is 23.7 Å². The zero-order valence-corrected chi connectivity index (χ0v) is 20.3. The Labute approximate surface area is 185 Å². The lowest BCUT2D eigenvalue weighted by atomic mass is 9.82. The van der Waals surface area contributed by atoms with Crippen molar-refractivity contribution in [1.82, 2.24) is 0 Å². The molecule has 176 valence electrons. The number of hydrogen-bond donors (Lipinski definition) is 0. The number of unbranched alkanes of at least 4 members (excludes halogenated alkanes) is 2. The molecule has 4 nitrogen and oxygen atoms in total. The van der Waals surface area contributed by atoms with Gasteiger partial charge >= 0.3 is 11.9 Å². The van der Waals surface area contributed by atoms with Gasteiger partial charge in [-0.3, -0.25) is 9.59 Å². The van der Waals surface area contributed by atoms with E-state index in [9.17, 15) is 9.59 Å². The molecule has 2 unspecified atom stereocenters. The Kier molecular flexibility index (Phi) is 14.9. The van der Waals surface area contributed by atoms with Crippen LogP contribution >= 0.6 is 0 Å². The number of rotatable bonds is 16. The summed E-state index contributed by atoms with van der Waals surface area (Å²) < 4.78 is 11.4. The summed E-state index contributed by atoms with van der Waals surface area (Å²) in [5.41, 5.74) is 0. The third-order valence-corrected chi connectivity index (χ3v) is 6.64. The SMILES string of the molecule is CCCCC(CCC)COC(=O)C1CCC(C(=O)OCC(CCC)CCCC)CC1. The van der Waals surface area contributed by atoms with Crippen LogP contribution in [-0.2, 0) is 19.1 Å². The van der Waals surface area contributed by atoms with Gasteiger partial charge in [0.25, 0.3) is 0 Å². The quantitative estimate of drug-likeness (QED) is 0.248. The highest BCUT2D eigenvalue weighted by molar-refractivity contribution is 5.75. The molecule has 2 atom stereocenters. The summed E-state index contributed by atoms with van der Waals surface area (Å²) in [5, 5.41) is 0. The standard InChI is InChI=1S/C26H48O4/c1-5-9-13-21(11-7-3)19-29-25(27)23-15-17-24(18-16-23)26(28)30-20-22(12-8-4)14-10-6-2/h21-24H,5-20H2,1-4H3. The second-order valence-corrected chi connectivity index (χ2v) is 9.40. The molecule has 30 heavy (non-hydrogen) atoms. The fraction of sp³-hybridized carbons (Fsp3) is 0.923. The van der Waals surface area contributed by atoms with E-state index in [4.69, 9.17) is 9.47 Å². The molecule has 0 amide bonds. The van der Waals surface area contributed by atoms with Gasteiger partial charge in [-0.05, 0) is 63.2 Å². The van der Waals surface area contributed by atoms with Gasteiger partial charge in [0.1, 0.15) is 0 Å². The van der Waals surface area contributed by atoms with E-state index in [1.807, 2.05) is 0 Å². The fourth-order valence-electron chi connectivity index (χ4n) is 4.62. The highest BCUT2D eigenvalue weighted by Crippen LogP contribution is 2.31. The maximum absolute atomic E-state index is 12.5. The predicted octanol–water partition coefficient (Wildman–Crippen LogP) is 7.09. The fourth-order valence-corrected chi connectivity index (χ4v) is 4.62. The number of carbonyl (C=O) groups is 2. The summed E-state index contributed by atoms with van der Waals surface area (Å²) >= 11 is 0. The minimum absolute atomic E-state index is 0.0418. The van der Waals surface area contributed by atoms with Crippen molar-refractivity contribution >= 4 is 11.9 Å². The Balaban J connectivity index is 2.33. The van der Waals surface area contributed by atoms with Gasteiger partial charge in [-0.25, -0.2) is 0 Å². The number of ether oxygens (including phenoxy) is 2. The van der Waals surface area contributed by atoms with E-state index in [-0.39, 0.29) is 23.8 Å². The molecule has 0 heterocycles. The molecule has 1 aliphatic rings. The van der Waals surface area contributed by atoms with Gasteiger partial charge in [0.05, 0.1) is 25.0 Å². The molecular formula is C26H48O4. The van der Waals surface area contributed by atoms with Crippen LogP contribution in [0, 0.1) is 23.7 Å². The summed E-state index contributed by atoms with van der Waals surface area (Å²) in [6, 6.07) is 0. The smallest absolute Gasteiger partial charge is 0.308 e. The molecule has 0 aromatic heterocycles. The van der Waals surface area contributed by atoms with E-state index in [1.54, 1.807) is 0 Å². The Bertz CT molecular complexity index is 412. The van der Waals surface area contributed by atoms with Gasteiger partial charge in [0.2, 0.25) is 0 Å². The first-order valence-electron chi connectivity index (χ1n) is 12.9. The monoisotopic (exact) mass is 424 g/mol. The van der Waals surface area contributed by atoms with Crippen molar-refractivity contribution in [3.8, 4) is 0 Å². The normalized spacial score (nSPS) is 21.1. The highest BCUT2D eigenvalue weighted by atomic mass is 16.5. The van der Waals surface area contributed by atoms with Gasteiger partial charge in [0.15, 0.2) is 0 Å². The van der Waals surface area contributed by atoms with E-state index in [2.05, 4.69) is 27.7 Å². The minimum Gasteiger partial charge on any atom is -0.465 e. The van der Waals surface area contributed by atoms with Crippen LogP contribution in [0.5, 0.6) is 0 Å². The lowest BCUT2D eigenvalue weighted by molar-refractivity contribution is -0.156. The van der Waals surface area contributed by atoms with Crippen LogP contribution in [0.1, 0.15) is 118 Å². The lowest BCUT2D eigenvalue weighted by Gasteiger charge is -2.27. The topological polar surface area (TPSA) is 52.6 Å². The predicted molar refractivity (Wildman–Crippen MR) is 123 cm³/mol. The van der Waals surface area contributed by atoms with E-state index >= 15 is 0 Å². The molecule has 0 aromatic rings. The van der Waals surface area contributed by atoms with E-state index < -0.39 is 0 Å². The average molecular weight is 425 g/mol. The highest BCUT2D eigenvalue weighted by Gasteiger charge is 2.32. The third kappa shape index (κ3) is 10.8. The zero-order valence-electron chi connectivity index (χ0n) is 20.3. The number of hydrogen-bond acceptors (Lipinski definition) is 4. The maximum atomic E-state index is 12.5. The van der Waals surface area contributed by atoms with Crippen molar-refractivity contribution in [2.75, 3.05) is 13.2 Å². The van der Waals surface area contributed by atoms with Crippen LogP contribution in [-0.4, -0.2) is 25.2 Å². The molecular weight excluding hydrogens is 376 g/mol. The van der Waals surface area contributed by atoms with Crippen molar-refractivity contribution in [1.29, 1.82) is 0 Å². The van der Waals surface area contributed by atoms with Gasteiger partial charge in [-0.2, -0.15) is 0 Å². The van der Waals surface area contributed by atoms with Crippen molar-refractivity contribution in [3.05, 3.63) is 0 Å². The van der Waals surface area contributed by atoms with E-state index in [0.29, 0.717) is 25.0 Å². The summed E-state index contributed by atoms with van der Waals surface area (Å²) in [6.45, 7) is 9.91. The second kappa shape index (κ2) is 16.6. The molecule has 0 radical (unpaired) electrons. The number of carbonyl (C=O) groups excluding carboxylic acids is 2. The molecule has 1 rings (SSSR count). The first-order valence-corrected chi connectivity index (χ1v) is 12.9. The van der Waals surface area contributed by atoms with Gasteiger partial charge in [0, 0.05) is 0 Å². The summed E-state index contributed by atoms with van der Waals surface area (Å²) in [7, 11) is 0. The molecule has 1 aliphatic carbocycles. The van der Waals surface area contributed by atoms with Crippen molar-refractivity contribution in [2.45, 2.75) is 118 Å². The molecule has 1 saturated carbocycles. The van der Waals surface area contributed by atoms with Gasteiger partial charge in [-0.1, -0.05) is 66.2 Å². The van der Waals surface area contributed by atoms with Gasteiger partial charge in [-0.15, -0.1) is 0 Å². The molecule has 0 N–H and O–H groups in total. The maximum Gasteiger partial charge on any atom is 0.308 e. The van der Waals surface area contributed by atoms with Crippen LogP contribution < -0.4 is 0 Å². The Hall–Kier alpha value is -1.06. The summed E-state index contributed by atoms with van der Waals surface area (Å²) in [4.78, 5) is 25.0. The van der Waals surface area contributed by atoms with E-state index in [1.165, 1.54) is 25.7 Å². The molecule has 0 aromatic carbocycles.